The van der Waals surface area contributed by atoms with Gasteiger partial charge in [0.25, 0.3) is 0 Å². The lowest BCUT2D eigenvalue weighted by molar-refractivity contribution is 0.574. The summed E-state index contributed by atoms with van der Waals surface area (Å²) in [6.45, 7) is 1.96. The van der Waals surface area contributed by atoms with Gasteiger partial charge in [-0.3, -0.25) is 4.98 Å². The van der Waals surface area contributed by atoms with Crippen LogP contribution in [0.5, 0.6) is 0 Å². The van der Waals surface area contributed by atoms with Crippen molar-refractivity contribution < 1.29 is 8.78 Å². The molecule has 0 aliphatic rings. The summed E-state index contributed by atoms with van der Waals surface area (Å²) in [6.07, 6.45) is 3.38. The molecule has 2 aromatic rings. The van der Waals surface area contributed by atoms with Gasteiger partial charge in [0.05, 0.1) is 0 Å². The number of pyridine rings is 1. The molecular formula is C14H12BrF2N. The van der Waals surface area contributed by atoms with Crippen molar-refractivity contribution in [3.63, 3.8) is 0 Å². The highest BCUT2D eigenvalue weighted by Gasteiger charge is 2.21. The molecule has 0 bridgehead atoms. The zero-order chi connectivity index (χ0) is 13.1. The molecule has 0 amide bonds. The summed E-state index contributed by atoms with van der Waals surface area (Å²) in [6, 6.07) is 7.24. The van der Waals surface area contributed by atoms with Gasteiger partial charge in [0.2, 0.25) is 0 Å². The fourth-order valence-corrected chi connectivity index (χ4v) is 2.49. The molecule has 0 spiro atoms. The number of benzene rings is 1. The number of halogens is 3. The smallest absolute Gasteiger partial charge is 0.127 e. The highest BCUT2D eigenvalue weighted by molar-refractivity contribution is 9.09. The molecule has 0 aliphatic heterocycles. The molecule has 0 N–H and O–H groups in total. The van der Waals surface area contributed by atoms with Gasteiger partial charge >= 0.3 is 0 Å². The SMILES string of the molecule is CC(c1ccncc1)C(Br)c1cc(F)ccc1F. The van der Waals surface area contributed by atoms with Crippen LogP contribution in [0, 0.1) is 11.6 Å². The lowest BCUT2D eigenvalue weighted by Gasteiger charge is -2.19. The minimum absolute atomic E-state index is 0.0179. The largest absolute Gasteiger partial charge is 0.265 e. The van der Waals surface area contributed by atoms with E-state index in [1.165, 1.54) is 6.07 Å². The van der Waals surface area contributed by atoms with Crippen molar-refractivity contribution in [2.24, 2.45) is 0 Å². The quantitative estimate of drug-likeness (QED) is 0.755. The molecule has 0 saturated heterocycles. The second-order valence-electron chi connectivity index (χ2n) is 4.14. The fourth-order valence-electron chi connectivity index (χ4n) is 1.83. The van der Waals surface area contributed by atoms with Crippen LogP contribution in [0.1, 0.15) is 28.8 Å². The van der Waals surface area contributed by atoms with Crippen LogP contribution in [0.25, 0.3) is 0 Å². The molecule has 0 aliphatic carbocycles. The first-order valence-corrected chi connectivity index (χ1v) is 6.50. The molecule has 0 saturated carbocycles. The van der Waals surface area contributed by atoms with E-state index in [2.05, 4.69) is 20.9 Å². The molecule has 1 aromatic heterocycles. The molecule has 1 heterocycles. The highest BCUT2D eigenvalue weighted by Crippen LogP contribution is 2.38. The van der Waals surface area contributed by atoms with Crippen molar-refractivity contribution in [2.75, 3.05) is 0 Å². The van der Waals surface area contributed by atoms with Crippen LogP contribution in [0.4, 0.5) is 8.78 Å². The number of rotatable bonds is 3. The van der Waals surface area contributed by atoms with E-state index in [0.29, 0.717) is 5.56 Å². The molecular weight excluding hydrogens is 300 g/mol. The van der Waals surface area contributed by atoms with E-state index in [1.54, 1.807) is 12.4 Å². The molecule has 94 valence electrons. The Balaban J connectivity index is 2.31. The first-order valence-electron chi connectivity index (χ1n) is 5.58. The molecule has 18 heavy (non-hydrogen) atoms. The average Bonchev–Trinajstić information content (AvgIpc) is 2.41. The second-order valence-corrected chi connectivity index (χ2v) is 5.12. The molecule has 2 atom stereocenters. The molecule has 0 radical (unpaired) electrons. The first-order chi connectivity index (χ1) is 8.59. The molecule has 2 rings (SSSR count). The Labute approximate surface area is 113 Å². The van der Waals surface area contributed by atoms with Gasteiger partial charge in [-0.2, -0.15) is 0 Å². The number of hydrogen-bond acceptors (Lipinski definition) is 1. The maximum absolute atomic E-state index is 13.7. The Bertz CT molecular complexity index is 531. The Hall–Kier alpha value is -1.29. The van der Waals surface area contributed by atoms with E-state index in [0.717, 1.165) is 17.7 Å². The van der Waals surface area contributed by atoms with Crippen LogP contribution < -0.4 is 0 Å². The van der Waals surface area contributed by atoms with Crippen LogP contribution in [-0.4, -0.2) is 4.98 Å². The Kier molecular flexibility index (Phi) is 4.07. The molecule has 0 fully saturated rings. The minimum Gasteiger partial charge on any atom is -0.265 e. The zero-order valence-corrected chi connectivity index (χ0v) is 11.4. The van der Waals surface area contributed by atoms with Gasteiger partial charge in [0.1, 0.15) is 11.6 Å². The highest BCUT2D eigenvalue weighted by atomic mass is 79.9. The molecule has 2 unspecified atom stereocenters. The van der Waals surface area contributed by atoms with Crippen LogP contribution in [0.3, 0.4) is 0 Å². The maximum atomic E-state index is 13.7. The maximum Gasteiger partial charge on any atom is 0.127 e. The normalized spacial score (nSPS) is 14.2. The third-order valence-electron chi connectivity index (χ3n) is 2.93. The third-order valence-corrected chi connectivity index (χ3v) is 4.21. The van der Waals surface area contributed by atoms with E-state index in [1.807, 2.05) is 19.1 Å². The van der Waals surface area contributed by atoms with Crippen LogP contribution in [0.2, 0.25) is 0 Å². The summed E-state index contributed by atoms with van der Waals surface area (Å²) in [5.74, 6) is -0.818. The van der Waals surface area contributed by atoms with Gasteiger partial charge < -0.3 is 0 Å². The number of hydrogen-bond donors (Lipinski definition) is 0. The summed E-state index contributed by atoms with van der Waals surface area (Å²) in [5.41, 5.74) is 1.36. The van der Waals surface area contributed by atoms with Gasteiger partial charge in [-0.15, -0.1) is 0 Å². The molecule has 1 nitrogen and oxygen atoms in total. The van der Waals surface area contributed by atoms with E-state index < -0.39 is 11.6 Å². The summed E-state index contributed by atoms with van der Waals surface area (Å²) < 4.78 is 26.9. The van der Waals surface area contributed by atoms with Gasteiger partial charge in [-0.05, 0) is 41.8 Å². The van der Waals surface area contributed by atoms with Crippen molar-refractivity contribution in [1.82, 2.24) is 4.98 Å². The van der Waals surface area contributed by atoms with Crippen LogP contribution in [-0.2, 0) is 0 Å². The fraction of sp³-hybridized carbons (Fsp3) is 0.214. The zero-order valence-electron chi connectivity index (χ0n) is 9.78. The van der Waals surface area contributed by atoms with Crippen molar-refractivity contribution in [2.45, 2.75) is 17.7 Å². The lowest BCUT2D eigenvalue weighted by Crippen LogP contribution is -2.05. The van der Waals surface area contributed by atoms with Crippen molar-refractivity contribution >= 4 is 15.9 Å². The summed E-state index contributed by atoms with van der Waals surface area (Å²) in [7, 11) is 0. The summed E-state index contributed by atoms with van der Waals surface area (Å²) in [4.78, 5) is 3.66. The van der Waals surface area contributed by atoms with E-state index in [9.17, 15) is 8.78 Å². The lowest BCUT2D eigenvalue weighted by atomic mass is 9.94. The number of aromatic nitrogens is 1. The van der Waals surface area contributed by atoms with Crippen molar-refractivity contribution in [3.05, 3.63) is 65.5 Å². The molecule has 4 heteroatoms. The average molecular weight is 312 g/mol. The van der Waals surface area contributed by atoms with Gasteiger partial charge in [0.15, 0.2) is 0 Å². The number of alkyl halides is 1. The van der Waals surface area contributed by atoms with Gasteiger partial charge in [-0.25, -0.2) is 8.78 Å². The predicted octanol–water partition coefficient (Wildman–Crippen LogP) is 4.60. The molecule has 1 aromatic carbocycles. The standard InChI is InChI=1S/C14H12BrF2N/c1-9(10-4-6-18-7-5-10)14(15)12-8-11(16)2-3-13(12)17/h2-9,14H,1H3. The Morgan fingerprint density at radius 3 is 2.44 bits per heavy atom. The number of nitrogens with zero attached hydrogens (tertiary/aromatic N) is 1. The van der Waals surface area contributed by atoms with Gasteiger partial charge in [0, 0.05) is 22.8 Å². The van der Waals surface area contributed by atoms with Crippen LogP contribution in [0.15, 0.2) is 42.7 Å². The minimum atomic E-state index is -0.433. The first kappa shape index (κ1) is 13.1. The third kappa shape index (κ3) is 2.75. The second kappa shape index (κ2) is 5.57. The van der Waals surface area contributed by atoms with Crippen molar-refractivity contribution in [1.29, 1.82) is 0 Å². The monoisotopic (exact) mass is 311 g/mol. The topological polar surface area (TPSA) is 12.9 Å². The summed E-state index contributed by atoms with van der Waals surface area (Å²) in [5, 5.41) is 0. The summed E-state index contributed by atoms with van der Waals surface area (Å²) >= 11 is 3.45. The predicted molar refractivity (Wildman–Crippen MR) is 70.7 cm³/mol. The van der Waals surface area contributed by atoms with Crippen molar-refractivity contribution in [3.8, 4) is 0 Å². The van der Waals surface area contributed by atoms with E-state index in [-0.39, 0.29) is 10.7 Å². The Morgan fingerprint density at radius 1 is 1.11 bits per heavy atom. The van der Waals surface area contributed by atoms with Crippen LogP contribution >= 0.6 is 15.9 Å². The van der Waals surface area contributed by atoms with E-state index >= 15 is 0 Å². The van der Waals surface area contributed by atoms with Gasteiger partial charge in [-0.1, -0.05) is 22.9 Å². The van der Waals surface area contributed by atoms with E-state index in [4.69, 9.17) is 0 Å². The Morgan fingerprint density at radius 2 is 1.78 bits per heavy atom.